The topological polar surface area (TPSA) is 64.6 Å². The lowest BCUT2D eigenvalue weighted by Gasteiger charge is -2.30. The molecule has 0 aliphatic rings. The van der Waals surface area contributed by atoms with Gasteiger partial charge in [0, 0.05) is 13.4 Å². The molecule has 0 spiro atoms. The van der Waals surface area contributed by atoms with Crippen molar-refractivity contribution in [3.63, 3.8) is 0 Å². The van der Waals surface area contributed by atoms with Crippen LogP contribution in [0.25, 0.3) is 0 Å². The van der Waals surface area contributed by atoms with E-state index in [9.17, 15) is 9.59 Å². The second kappa shape index (κ2) is 11.5. The highest BCUT2D eigenvalue weighted by Crippen LogP contribution is 2.38. The predicted molar refractivity (Wildman–Crippen MR) is 129 cm³/mol. The number of benzene rings is 1. The summed E-state index contributed by atoms with van der Waals surface area (Å²) >= 11 is 0. The molecule has 5 nitrogen and oxygen atoms in total. The molecule has 1 aromatic carbocycles. The van der Waals surface area contributed by atoms with Crippen LogP contribution in [-0.2, 0) is 25.2 Å². The number of ether oxygens (including phenoxy) is 2. The van der Waals surface area contributed by atoms with Crippen LogP contribution in [0.1, 0.15) is 93.6 Å². The van der Waals surface area contributed by atoms with Crippen molar-refractivity contribution >= 4 is 11.9 Å². The molecule has 178 valence electrons. The Hall–Kier alpha value is -2.04. The van der Waals surface area contributed by atoms with Gasteiger partial charge >= 0.3 is 5.97 Å². The van der Waals surface area contributed by atoms with Crippen molar-refractivity contribution in [2.75, 3.05) is 13.7 Å². The summed E-state index contributed by atoms with van der Waals surface area (Å²) in [7, 11) is 1.33. The van der Waals surface area contributed by atoms with Crippen molar-refractivity contribution in [2.24, 2.45) is 5.92 Å². The highest BCUT2D eigenvalue weighted by molar-refractivity contribution is 5.84. The van der Waals surface area contributed by atoms with Gasteiger partial charge in [-0.3, -0.25) is 4.79 Å². The maximum atomic E-state index is 12.3. The molecular weight excluding hydrogens is 390 g/mol. The van der Waals surface area contributed by atoms with E-state index in [1.54, 1.807) is 0 Å². The molecule has 1 unspecified atom stereocenters. The lowest BCUT2D eigenvalue weighted by molar-refractivity contribution is -0.146. The van der Waals surface area contributed by atoms with Crippen LogP contribution in [0.5, 0.6) is 5.75 Å². The summed E-state index contributed by atoms with van der Waals surface area (Å²) < 4.78 is 10.9. The van der Waals surface area contributed by atoms with E-state index in [0.717, 1.165) is 18.6 Å². The van der Waals surface area contributed by atoms with E-state index in [1.807, 2.05) is 13.8 Å². The molecule has 5 heteroatoms. The summed E-state index contributed by atoms with van der Waals surface area (Å²) in [6, 6.07) is 5.90. The summed E-state index contributed by atoms with van der Waals surface area (Å²) in [5.41, 5.74) is 2.64. The number of rotatable bonds is 12. The summed E-state index contributed by atoms with van der Waals surface area (Å²) in [5.74, 6) is 0.276. The quantitative estimate of drug-likeness (QED) is 0.334. The molecule has 0 aliphatic heterocycles. The number of carbonyl (C=O) groups excluding carboxylic acids is 2. The van der Waals surface area contributed by atoms with Crippen LogP contribution in [0.3, 0.4) is 0 Å². The average molecular weight is 436 g/mol. The molecule has 0 heterocycles. The van der Waals surface area contributed by atoms with E-state index in [2.05, 4.69) is 65.1 Å². The van der Waals surface area contributed by atoms with Gasteiger partial charge in [0.05, 0.1) is 13.7 Å². The molecule has 0 aromatic heterocycles. The average Bonchev–Trinajstić information content (AvgIpc) is 2.74. The zero-order chi connectivity index (χ0) is 23.8. The van der Waals surface area contributed by atoms with Crippen LogP contribution >= 0.6 is 0 Å². The van der Waals surface area contributed by atoms with Crippen LogP contribution < -0.4 is 10.1 Å². The molecule has 0 radical (unpaired) electrons. The van der Waals surface area contributed by atoms with Crippen molar-refractivity contribution in [3.8, 4) is 5.75 Å². The maximum Gasteiger partial charge on any atom is 0.328 e. The Bertz CT molecular complexity index is 743. The zero-order valence-corrected chi connectivity index (χ0v) is 21.1. The van der Waals surface area contributed by atoms with Crippen molar-refractivity contribution in [1.82, 2.24) is 5.32 Å². The number of amides is 1. The molecular formula is C26H45NO4. The number of carbonyl (C=O) groups is 2. The van der Waals surface area contributed by atoms with E-state index < -0.39 is 12.0 Å². The number of hydrogen-bond acceptors (Lipinski definition) is 4. The smallest absolute Gasteiger partial charge is 0.328 e. The van der Waals surface area contributed by atoms with Gasteiger partial charge < -0.3 is 14.8 Å². The summed E-state index contributed by atoms with van der Waals surface area (Å²) in [6.45, 7) is 17.6. The third kappa shape index (κ3) is 7.55. The molecule has 31 heavy (non-hydrogen) atoms. The molecule has 1 atom stereocenters. The van der Waals surface area contributed by atoms with Crippen LogP contribution in [0, 0.1) is 5.92 Å². The van der Waals surface area contributed by atoms with Crippen molar-refractivity contribution in [2.45, 2.75) is 97.9 Å². The first-order chi connectivity index (χ1) is 14.4. The van der Waals surface area contributed by atoms with Crippen LogP contribution in [0.15, 0.2) is 18.2 Å². The van der Waals surface area contributed by atoms with E-state index in [-0.39, 0.29) is 24.1 Å². The molecule has 0 bridgehead atoms. The second-order valence-corrected chi connectivity index (χ2v) is 9.95. The van der Waals surface area contributed by atoms with Gasteiger partial charge in [-0.25, -0.2) is 4.79 Å². The SMILES string of the molecule is CCC(C)(C)c1ccc(OCCCC(=O)NC(C(=O)OC)C(C)C)c(C(C)(C)CC)c1.[HH]. The molecule has 1 aromatic rings. The van der Waals surface area contributed by atoms with Crippen LogP contribution in [0.4, 0.5) is 0 Å². The minimum atomic E-state index is -0.621. The lowest BCUT2D eigenvalue weighted by Crippen LogP contribution is -2.45. The van der Waals surface area contributed by atoms with E-state index >= 15 is 0 Å². The molecule has 0 fully saturated rings. The van der Waals surface area contributed by atoms with Crippen molar-refractivity contribution in [1.29, 1.82) is 0 Å². The van der Waals surface area contributed by atoms with Gasteiger partial charge in [0.1, 0.15) is 11.8 Å². The summed E-state index contributed by atoms with van der Waals surface area (Å²) in [4.78, 5) is 24.1. The van der Waals surface area contributed by atoms with E-state index in [4.69, 9.17) is 9.47 Å². The maximum absolute atomic E-state index is 12.3. The van der Waals surface area contributed by atoms with Gasteiger partial charge in [-0.1, -0.05) is 67.5 Å². The minimum Gasteiger partial charge on any atom is -0.493 e. The Kier molecular flexibility index (Phi) is 10.1. The molecule has 1 amide bonds. The summed E-state index contributed by atoms with van der Waals surface area (Å²) in [6.07, 6.45) is 2.95. The van der Waals surface area contributed by atoms with Gasteiger partial charge in [-0.05, 0) is 47.6 Å². The monoisotopic (exact) mass is 435 g/mol. The van der Waals surface area contributed by atoms with Crippen LogP contribution in [0.2, 0.25) is 0 Å². The lowest BCUT2D eigenvalue weighted by atomic mass is 9.76. The van der Waals surface area contributed by atoms with Crippen molar-refractivity contribution < 1.29 is 20.5 Å². The van der Waals surface area contributed by atoms with Gasteiger partial charge in [0.25, 0.3) is 0 Å². The van der Waals surface area contributed by atoms with Crippen LogP contribution in [-0.4, -0.2) is 31.6 Å². The van der Waals surface area contributed by atoms with Gasteiger partial charge in [0.2, 0.25) is 5.91 Å². The molecule has 1 N–H and O–H groups in total. The number of esters is 1. The fourth-order valence-corrected chi connectivity index (χ4v) is 3.29. The van der Waals surface area contributed by atoms with Gasteiger partial charge in [-0.15, -0.1) is 0 Å². The van der Waals surface area contributed by atoms with Crippen molar-refractivity contribution in [3.05, 3.63) is 29.3 Å². The summed E-state index contributed by atoms with van der Waals surface area (Å²) in [5, 5.41) is 2.77. The normalized spacial score (nSPS) is 13.1. The Labute approximate surface area is 190 Å². The third-order valence-corrected chi connectivity index (χ3v) is 6.50. The Morgan fingerprint density at radius 3 is 2.19 bits per heavy atom. The number of hydrogen-bond donors (Lipinski definition) is 1. The predicted octanol–water partition coefficient (Wildman–Crippen LogP) is 5.78. The fraction of sp³-hybridized carbons (Fsp3) is 0.692. The highest BCUT2D eigenvalue weighted by atomic mass is 16.5. The molecule has 0 saturated carbocycles. The largest absolute Gasteiger partial charge is 0.493 e. The van der Waals surface area contributed by atoms with E-state index in [1.165, 1.54) is 18.2 Å². The minimum absolute atomic E-state index is 0. The van der Waals surface area contributed by atoms with Gasteiger partial charge in [-0.2, -0.15) is 0 Å². The highest BCUT2D eigenvalue weighted by Gasteiger charge is 2.27. The number of nitrogens with one attached hydrogen (secondary N) is 1. The Morgan fingerprint density at radius 2 is 1.68 bits per heavy atom. The number of methoxy groups -OCH3 is 1. The van der Waals surface area contributed by atoms with E-state index in [0.29, 0.717) is 19.4 Å². The second-order valence-electron chi connectivity index (χ2n) is 9.95. The molecule has 1 rings (SSSR count). The fourth-order valence-electron chi connectivity index (χ4n) is 3.29. The van der Waals surface area contributed by atoms with Gasteiger partial charge in [0.15, 0.2) is 0 Å². The Morgan fingerprint density at radius 1 is 1.06 bits per heavy atom. The first-order valence-corrected chi connectivity index (χ1v) is 11.5. The first kappa shape index (κ1) is 27.0. The molecule has 0 aliphatic carbocycles. The standard InChI is InChI=1S/C26H43NO4.H2/c1-10-25(5,6)19-14-15-21(20(17-19)26(7,8)11-2)31-16-12-13-22(28)27-23(18(3)4)24(29)30-9;/h14-15,17-18,23H,10-13,16H2,1-9H3,(H,27,28);1H. The molecule has 0 saturated heterocycles. The third-order valence-electron chi connectivity index (χ3n) is 6.50. The zero-order valence-electron chi connectivity index (χ0n) is 21.1. The Balaban J connectivity index is 0.00000961. The first-order valence-electron chi connectivity index (χ1n) is 11.5.